The minimum absolute atomic E-state index is 0.0721. The molecule has 0 amide bonds. The van der Waals surface area contributed by atoms with Crippen LogP contribution in [0.15, 0.2) is 40.7 Å². The maximum absolute atomic E-state index is 5.89. The third kappa shape index (κ3) is 4.77. The second-order valence-electron chi connectivity index (χ2n) is 6.11. The largest absolute Gasteiger partial charge is 0.497 e. The third-order valence-electron chi connectivity index (χ3n) is 2.99. The number of nitrogens with one attached hydrogen (secondary N) is 1. The monoisotopic (exact) mass is 317 g/mol. The maximum atomic E-state index is 5.89. The van der Waals surface area contributed by atoms with Crippen LogP contribution in [-0.2, 0) is 6.54 Å². The maximum Gasteiger partial charge on any atom is 0.189 e. The molecule has 0 saturated heterocycles. The third-order valence-corrected chi connectivity index (χ3v) is 3.91. The molecule has 0 aliphatic heterocycles. The van der Waals surface area contributed by atoms with Gasteiger partial charge in [0.25, 0.3) is 0 Å². The highest BCUT2D eigenvalue weighted by atomic mass is 32.1. The van der Waals surface area contributed by atoms with Crippen molar-refractivity contribution < 1.29 is 4.74 Å². The lowest BCUT2D eigenvalue weighted by Crippen LogP contribution is -2.44. The van der Waals surface area contributed by atoms with Gasteiger partial charge in [-0.05, 0) is 55.5 Å². The predicted molar refractivity (Wildman–Crippen MR) is 94.5 cm³/mol. The molecule has 5 heteroatoms. The molecule has 1 aromatic heterocycles. The van der Waals surface area contributed by atoms with Crippen LogP contribution in [0.4, 0.5) is 0 Å². The average molecular weight is 317 g/mol. The van der Waals surface area contributed by atoms with Gasteiger partial charge in [-0.25, -0.2) is 4.99 Å². The second-order valence-corrected chi connectivity index (χ2v) is 7.10. The minimum atomic E-state index is -0.0721. The topological polar surface area (TPSA) is 59.6 Å². The van der Waals surface area contributed by atoms with Crippen molar-refractivity contribution >= 4 is 17.3 Å². The van der Waals surface area contributed by atoms with Crippen LogP contribution in [0.25, 0.3) is 11.1 Å². The number of rotatable bonds is 4. The molecule has 22 heavy (non-hydrogen) atoms. The van der Waals surface area contributed by atoms with Crippen LogP contribution in [0.2, 0.25) is 0 Å². The fourth-order valence-electron chi connectivity index (χ4n) is 1.99. The van der Waals surface area contributed by atoms with Gasteiger partial charge >= 0.3 is 0 Å². The van der Waals surface area contributed by atoms with E-state index in [0.29, 0.717) is 12.5 Å². The Kier molecular flexibility index (Phi) is 5.08. The van der Waals surface area contributed by atoms with E-state index in [1.165, 1.54) is 16.0 Å². The van der Waals surface area contributed by atoms with Gasteiger partial charge in [0.15, 0.2) is 5.96 Å². The zero-order valence-corrected chi connectivity index (χ0v) is 14.3. The first-order valence-electron chi connectivity index (χ1n) is 7.17. The Labute approximate surface area is 136 Å². The van der Waals surface area contributed by atoms with Crippen LogP contribution in [0.1, 0.15) is 25.6 Å². The number of nitrogens with two attached hydrogens (primary N) is 1. The normalized spacial score (nSPS) is 12.3. The first-order chi connectivity index (χ1) is 10.4. The molecule has 0 fully saturated rings. The van der Waals surface area contributed by atoms with Crippen LogP contribution in [-0.4, -0.2) is 18.6 Å². The first-order valence-corrected chi connectivity index (χ1v) is 8.05. The van der Waals surface area contributed by atoms with E-state index >= 15 is 0 Å². The summed E-state index contributed by atoms with van der Waals surface area (Å²) in [5.74, 6) is 1.34. The Balaban J connectivity index is 2.03. The van der Waals surface area contributed by atoms with E-state index in [2.05, 4.69) is 54.7 Å². The minimum Gasteiger partial charge on any atom is -0.497 e. The molecule has 4 nitrogen and oxygen atoms in total. The molecular weight excluding hydrogens is 294 g/mol. The number of hydrogen-bond donors (Lipinski definition) is 2. The van der Waals surface area contributed by atoms with Crippen LogP contribution in [0, 0.1) is 0 Å². The van der Waals surface area contributed by atoms with Crippen molar-refractivity contribution in [2.45, 2.75) is 32.9 Å². The number of hydrogen-bond acceptors (Lipinski definition) is 3. The van der Waals surface area contributed by atoms with Crippen LogP contribution < -0.4 is 15.8 Å². The zero-order valence-electron chi connectivity index (χ0n) is 13.5. The van der Waals surface area contributed by atoms with Gasteiger partial charge in [-0.15, -0.1) is 11.3 Å². The molecule has 0 atom stereocenters. The summed E-state index contributed by atoms with van der Waals surface area (Å²) in [5, 5.41) is 5.30. The molecule has 2 aromatic rings. The van der Waals surface area contributed by atoms with Crippen LogP contribution >= 0.6 is 11.3 Å². The molecule has 0 unspecified atom stereocenters. The van der Waals surface area contributed by atoms with Gasteiger partial charge in [0.1, 0.15) is 5.75 Å². The highest BCUT2D eigenvalue weighted by Gasteiger charge is 2.09. The first kappa shape index (κ1) is 16.4. The van der Waals surface area contributed by atoms with Crippen molar-refractivity contribution in [1.29, 1.82) is 0 Å². The predicted octanol–water partition coefficient (Wildman–Crippen LogP) is 3.63. The lowest BCUT2D eigenvalue weighted by molar-refractivity contribution is 0.415. The summed E-state index contributed by atoms with van der Waals surface area (Å²) in [6, 6.07) is 10.2. The van der Waals surface area contributed by atoms with Crippen molar-refractivity contribution in [3.8, 4) is 16.9 Å². The molecule has 0 spiro atoms. The van der Waals surface area contributed by atoms with Gasteiger partial charge < -0.3 is 15.8 Å². The summed E-state index contributed by atoms with van der Waals surface area (Å²) in [6.07, 6.45) is 0. The number of ether oxygens (including phenoxy) is 1. The lowest BCUT2D eigenvalue weighted by atomic mass is 10.1. The van der Waals surface area contributed by atoms with Crippen molar-refractivity contribution in [2.24, 2.45) is 10.7 Å². The summed E-state index contributed by atoms with van der Waals surface area (Å²) >= 11 is 1.69. The Morgan fingerprint density at radius 3 is 2.50 bits per heavy atom. The standard InChI is InChI=1S/C17H23N3OS/c1-17(2,3)20-16(18)19-10-15-9-13(11-22-15)12-5-7-14(21-4)8-6-12/h5-9,11H,10H2,1-4H3,(H3,18,19,20). The van der Waals surface area contributed by atoms with E-state index in [9.17, 15) is 0 Å². The summed E-state index contributed by atoms with van der Waals surface area (Å²) in [5.41, 5.74) is 8.18. The Morgan fingerprint density at radius 1 is 1.23 bits per heavy atom. The molecular formula is C17H23N3OS. The van der Waals surface area contributed by atoms with E-state index in [1.807, 2.05) is 12.1 Å². The summed E-state index contributed by atoms with van der Waals surface area (Å²) < 4.78 is 5.18. The van der Waals surface area contributed by atoms with Gasteiger partial charge in [-0.3, -0.25) is 0 Å². The van der Waals surface area contributed by atoms with Crippen molar-refractivity contribution in [3.63, 3.8) is 0 Å². The van der Waals surface area contributed by atoms with Crippen LogP contribution in [0.3, 0.4) is 0 Å². The van der Waals surface area contributed by atoms with Gasteiger partial charge in [0.05, 0.1) is 13.7 Å². The molecule has 0 aliphatic carbocycles. The van der Waals surface area contributed by atoms with Gasteiger partial charge in [0, 0.05) is 10.4 Å². The second kappa shape index (κ2) is 6.83. The number of thiophene rings is 1. The van der Waals surface area contributed by atoms with Crippen LogP contribution in [0.5, 0.6) is 5.75 Å². The van der Waals surface area contributed by atoms with Gasteiger partial charge in [-0.2, -0.15) is 0 Å². The number of benzene rings is 1. The Hall–Kier alpha value is -2.01. The fourth-order valence-corrected chi connectivity index (χ4v) is 2.80. The molecule has 2 rings (SSSR count). The van der Waals surface area contributed by atoms with Crippen molar-refractivity contribution in [2.75, 3.05) is 7.11 Å². The molecule has 0 bridgehead atoms. The number of nitrogens with zero attached hydrogens (tertiary/aromatic N) is 1. The molecule has 0 aliphatic rings. The van der Waals surface area contributed by atoms with Gasteiger partial charge in [0.2, 0.25) is 0 Å². The molecule has 1 aromatic carbocycles. The SMILES string of the molecule is COc1ccc(-c2csc(CN=C(N)NC(C)(C)C)c2)cc1. The zero-order chi connectivity index (χ0) is 16.2. The lowest BCUT2D eigenvalue weighted by Gasteiger charge is -2.20. The van der Waals surface area contributed by atoms with E-state index in [0.717, 1.165) is 5.75 Å². The van der Waals surface area contributed by atoms with Crippen molar-refractivity contribution in [1.82, 2.24) is 5.32 Å². The Morgan fingerprint density at radius 2 is 1.91 bits per heavy atom. The van der Waals surface area contributed by atoms with E-state index in [4.69, 9.17) is 10.5 Å². The number of methoxy groups -OCH3 is 1. The fraction of sp³-hybridized carbons (Fsp3) is 0.353. The quantitative estimate of drug-likeness (QED) is 0.669. The summed E-state index contributed by atoms with van der Waals surface area (Å²) in [6.45, 7) is 6.77. The molecule has 3 N–H and O–H groups in total. The Bertz CT molecular complexity index is 639. The van der Waals surface area contributed by atoms with E-state index < -0.39 is 0 Å². The number of guanidine groups is 1. The highest BCUT2D eigenvalue weighted by Crippen LogP contribution is 2.27. The van der Waals surface area contributed by atoms with E-state index in [-0.39, 0.29) is 5.54 Å². The van der Waals surface area contributed by atoms with Gasteiger partial charge in [-0.1, -0.05) is 12.1 Å². The molecule has 0 radical (unpaired) electrons. The summed E-state index contributed by atoms with van der Waals surface area (Å²) in [7, 11) is 1.67. The smallest absolute Gasteiger partial charge is 0.189 e. The highest BCUT2D eigenvalue weighted by molar-refractivity contribution is 7.10. The molecule has 0 saturated carbocycles. The van der Waals surface area contributed by atoms with Crippen molar-refractivity contribution in [3.05, 3.63) is 40.6 Å². The molecule has 118 valence electrons. The summed E-state index contributed by atoms with van der Waals surface area (Å²) in [4.78, 5) is 5.57. The van der Waals surface area contributed by atoms with E-state index in [1.54, 1.807) is 18.4 Å². The molecule has 1 heterocycles. The number of aliphatic imine (C=N–C) groups is 1. The average Bonchev–Trinajstić information content (AvgIpc) is 2.92.